The molecule has 2 aromatic rings. The summed E-state index contributed by atoms with van der Waals surface area (Å²) in [5, 5.41) is 0. The number of nitrogens with two attached hydrogens (primary N) is 1. The predicted molar refractivity (Wildman–Crippen MR) is 85.2 cm³/mol. The van der Waals surface area contributed by atoms with Crippen LogP contribution in [-0.4, -0.2) is 5.91 Å². The Kier molecular flexibility index (Phi) is 3.54. The van der Waals surface area contributed by atoms with E-state index < -0.39 is 5.41 Å². The average Bonchev–Trinajstić information content (AvgIpc) is 2.54. The van der Waals surface area contributed by atoms with E-state index in [4.69, 9.17) is 5.73 Å². The van der Waals surface area contributed by atoms with E-state index in [2.05, 4.69) is 43.3 Å². The fraction of sp³-hybridized carbons (Fsp3) is 0.316. The molecule has 1 atom stereocenters. The van der Waals surface area contributed by atoms with Crippen molar-refractivity contribution in [3.05, 3.63) is 70.8 Å². The lowest BCUT2D eigenvalue weighted by Crippen LogP contribution is -2.44. The monoisotopic (exact) mass is 279 g/mol. The Morgan fingerprint density at radius 1 is 1.14 bits per heavy atom. The molecule has 0 aliphatic heterocycles. The minimum absolute atomic E-state index is 0.237. The van der Waals surface area contributed by atoms with Gasteiger partial charge in [0.1, 0.15) is 0 Å². The van der Waals surface area contributed by atoms with Crippen molar-refractivity contribution >= 4 is 5.91 Å². The van der Waals surface area contributed by atoms with Crippen LogP contribution in [0.3, 0.4) is 0 Å². The second-order valence-electron chi connectivity index (χ2n) is 5.83. The fourth-order valence-corrected chi connectivity index (χ4v) is 3.56. The molecule has 0 saturated carbocycles. The molecular formula is C19H21NO. The van der Waals surface area contributed by atoms with Crippen LogP contribution in [0.4, 0.5) is 0 Å². The molecule has 2 aromatic carbocycles. The van der Waals surface area contributed by atoms with Gasteiger partial charge in [0.05, 0.1) is 5.41 Å². The summed E-state index contributed by atoms with van der Waals surface area (Å²) in [5.74, 6) is -0.237. The van der Waals surface area contributed by atoms with Gasteiger partial charge in [-0.15, -0.1) is 0 Å². The Bertz CT molecular complexity index is 660. The largest absolute Gasteiger partial charge is 0.369 e. The van der Waals surface area contributed by atoms with E-state index in [-0.39, 0.29) is 5.91 Å². The smallest absolute Gasteiger partial charge is 0.232 e. The Balaban J connectivity index is 2.19. The molecule has 2 N–H and O–H groups in total. The summed E-state index contributed by atoms with van der Waals surface area (Å²) in [4.78, 5) is 12.4. The maximum Gasteiger partial charge on any atom is 0.232 e. The lowest BCUT2D eigenvalue weighted by molar-refractivity contribution is -0.122. The summed E-state index contributed by atoms with van der Waals surface area (Å²) in [5.41, 5.74) is 9.87. The molecule has 108 valence electrons. The summed E-state index contributed by atoms with van der Waals surface area (Å²) < 4.78 is 0. The minimum atomic E-state index is -0.666. The molecule has 0 radical (unpaired) electrons. The molecule has 21 heavy (non-hydrogen) atoms. The standard InChI is InChI=1S/C19H21NO/c1-2-14-9-11-16(12-10-14)19(18(20)21)13-5-7-15-6-3-4-8-17(15)19/h3-4,6,8-12H,2,5,7,13H2,1H3,(H2,20,21). The molecule has 1 aliphatic carbocycles. The zero-order valence-electron chi connectivity index (χ0n) is 12.4. The van der Waals surface area contributed by atoms with E-state index in [1.165, 1.54) is 11.1 Å². The molecule has 0 spiro atoms. The van der Waals surface area contributed by atoms with Crippen molar-refractivity contribution in [3.63, 3.8) is 0 Å². The zero-order valence-corrected chi connectivity index (χ0v) is 12.4. The van der Waals surface area contributed by atoms with Crippen molar-refractivity contribution in [2.24, 2.45) is 5.73 Å². The molecule has 0 saturated heterocycles. The van der Waals surface area contributed by atoms with Gasteiger partial charge in [0.2, 0.25) is 5.91 Å². The van der Waals surface area contributed by atoms with Gasteiger partial charge in [-0.25, -0.2) is 0 Å². The zero-order chi connectivity index (χ0) is 14.9. The maximum atomic E-state index is 12.4. The predicted octanol–water partition coefficient (Wildman–Crippen LogP) is 3.36. The Labute approximate surface area is 126 Å². The highest BCUT2D eigenvalue weighted by molar-refractivity contribution is 5.91. The van der Waals surface area contributed by atoms with Gasteiger partial charge in [0.15, 0.2) is 0 Å². The van der Waals surface area contributed by atoms with E-state index in [0.29, 0.717) is 0 Å². The number of primary amides is 1. The normalized spacial score (nSPS) is 20.8. The van der Waals surface area contributed by atoms with Gasteiger partial charge in [-0.1, -0.05) is 55.5 Å². The molecule has 2 heteroatoms. The van der Waals surface area contributed by atoms with Crippen molar-refractivity contribution < 1.29 is 4.79 Å². The lowest BCUT2D eigenvalue weighted by Gasteiger charge is -2.37. The first-order valence-electron chi connectivity index (χ1n) is 7.66. The maximum absolute atomic E-state index is 12.4. The van der Waals surface area contributed by atoms with Gasteiger partial charge in [-0.2, -0.15) is 0 Å². The van der Waals surface area contributed by atoms with Crippen LogP contribution < -0.4 is 5.73 Å². The topological polar surface area (TPSA) is 43.1 Å². The van der Waals surface area contributed by atoms with Crippen LogP contribution in [-0.2, 0) is 23.1 Å². The third-order valence-electron chi connectivity index (χ3n) is 4.75. The number of hydrogen-bond donors (Lipinski definition) is 1. The molecule has 3 rings (SSSR count). The molecular weight excluding hydrogens is 258 g/mol. The first kappa shape index (κ1) is 13.9. The van der Waals surface area contributed by atoms with Crippen LogP contribution in [0.2, 0.25) is 0 Å². The molecule has 0 heterocycles. The number of amides is 1. The third kappa shape index (κ3) is 2.15. The number of aryl methyl sites for hydroxylation is 2. The van der Waals surface area contributed by atoms with Gasteiger partial charge < -0.3 is 5.73 Å². The minimum Gasteiger partial charge on any atom is -0.369 e. The van der Waals surface area contributed by atoms with Crippen LogP contribution in [0.1, 0.15) is 42.0 Å². The first-order valence-corrected chi connectivity index (χ1v) is 7.66. The Morgan fingerprint density at radius 2 is 1.86 bits per heavy atom. The number of hydrogen-bond acceptors (Lipinski definition) is 1. The quantitative estimate of drug-likeness (QED) is 0.920. The number of fused-ring (bicyclic) bond motifs is 1. The second kappa shape index (κ2) is 5.36. The van der Waals surface area contributed by atoms with E-state index >= 15 is 0 Å². The fourth-order valence-electron chi connectivity index (χ4n) is 3.56. The first-order chi connectivity index (χ1) is 10.2. The second-order valence-corrected chi connectivity index (χ2v) is 5.83. The van der Waals surface area contributed by atoms with Gasteiger partial charge in [0, 0.05) is 0 Å². The van der Waals surface area contributed by atoms with Gasteiger partial charge in [-0.3, -0.25) is 4.79 Å². The van der Waals surface area contributed by atoms with Crippen LogP contribution in [0.15, 0.2) is 48.5 Å². The van der Waals surface area contributed by atoms with E-state index in [0.717, 1.165) is 36.8 Å². The Hall–Kier alpha value is -2.09. The van der Waals surface area contributed by atoms with Gasteiger partial charge >= 0.3 is 0 Å². The number of carbonyl (C=O) groups is 1. The highest BCUT2D eigenvalue weighted by Crippen LogP contribution is 2.42. The highest BCUT2D eigenvalue weighted by atomic mass is 16.1. The molecule has 1 aliphatic rings. The van der Waals surface area contributed by atoms with Gasteiger partial charge in [-0.05, 0) is 47.9 Å². The van der Waals surface area contributed by atoms with Crippen LogP contribution in [0.5, 0.6) is 0 Å². The lowest BCUT2D eigenvalue weighted by atomic mass is 9.65. The Morgan fingerprint density at radius 3 is 2.52 bits per heavy atom. The summed E-state index contributed by atoms with van der Waals surface area (Å²) in [6.07, 6.45) is 3.82. The summed E-state index contributed by atoms with van der Waals surface area (Å²) in [7, 11) is 0. The van der Waals surface area contributed by atoms with Crippen molar-refractivity contribution in [2.45, 2.75) is 38.0 Å². The van der Waals surface area contributed by atoms with E-state index in [1.54, 1.807) is 0 Å². The van der Waals surface area contributed by atoms with Gasteiger partial charge in [0.25, 0.3) is 0 Å². The van der Waals surface area contributed by atoms with Crippen molar-refractivity contribution in [1.82, 2.24) is 0 Å². The molecule has 1 unspecified atom stereocenters. The summed E-state index contributed by atoms with van der Waals surface area (Å²) in [6.45, 7) is 2.13. The summed E-state index contributed by atoms with van der Waals surface area (Å²) in [6, 6.07) is 16.6. The average molecular weight is 279 g/mol. The third-order valence-corrected chi connectivity index (χ3v) is 4.75. The van der Waals surface area contributed by atoms with E-state index in [9.17, 15) is 4.79 Å². The number of benzene rings is 2. The van der Waals surface area contributed by atoms with Crippen LogP contribution >= 0.6 is 0 Å². The van der Waals surface area contributed by atoms with Crippen molar-refractivity contribution in [2.75, 3.05) is 0 Å². The van der Waals surface area contributed by atoms with Crippen LogP contribution in [0, 0.1) is 0 Å². The summed E-state index contributed by atoms with van der Waals surface area (Å²) >= 11 is 0. The number of carbonyl (C=O) groups excluding carboxylic acids is 1. The molecule has 0 bridgehead atoms. The molecule has 1 amide bonds. The molecule has 0 fully saturated rings. The SMILES string of the molecule is CCc1ccc(C2(C(N)=O)CCCc3ccccc32)cc1. The molecule has 2 nitrogen and oxygen atoms in total. The van der Waals surface area contributed by atoms with E-state index in [1.807, 2.05) is 12.1 Å². The van der Waals surface area contributed by atoms with Crippen molar-refractivity contribution in [3.8, 4) is 0 Å². The molecule has 0 aromatic heterocycles. The van der Waals surface area contributed by atoms with Crippen molar-refractivity contribution in [1.29, 1.82) is 0 Å². The number of rotatable bonds is 3. The van der Waals surface area contributed by atoms with Crippen LogP contribution in [0.25, 0.3) is 0 Å². The highest BCUT2D eigenvalue weighted by Gasteiger charge is 2.43.